The number of hydrogen-bond acceptors (Lipinski definition) is 3. The van der Waals surface area contributed by atoms with E-state index in [1.807, 2.05) is 0 Å². The van der Waals surface area contributed by atoms with Crippen molar-refractivity contribution in [3.8, 4) is 0 Å². The van der Waals surface area contributed by atoms with Crippen molar-refractivity contribution in [1.29, 1.82) is 0 Å². The van der Waals surface area contributed by atoms with Gasteiger partial charge in [-0.3, -0.25) is 0 Å². The molecule has 124 valence electrons. The summed E-state index contributed by atoms with van der Waals surface area (Å²) >= 11 is 1.78. The van der Waals surface area contributed by atoms with E-state index in [-0.39, 0.29) is 0 Å². The molecule has 0 atom stereocenters. The summed E-state index contributed by atoms with van der Waals surface area (Å²) in [5, 5.41) is 6.71. The maximum atomic E-state index is 4.71. The van der Waals surface area contributed by atoms with Crippen molar-refractivity contribution in [1.82, 2.24) is 15.5 Å². The van der Waals surface area contributed by atoms with Crippen molar-refractivity contribution in [2.24, 2.45) is 4.99 Å². The van der Waals surface area contributed by atoms with Crippen LogP contribution in [0.15, 0.2) is 28.1 Å². The van der Waals surface area contributed by atoms with Crippen LogP contribution in [0, 0.1) is 6.92 Å². The Bertz CT molecular complexity index is 472. The summed E-state index contributed by atoms with van der Waals surface area (Å²) in [4.78, 5) is 8.22. The molecule has 1 aromatic rings. The van der Waals surface area contributed by atoms with Gasteiger partial charge in [0.05, 0.1) is 6.54 Å². The van der Waals surface area contributed by atoms with Gasteiger partial charge in [0.2, 0.25) is 0 Å². The third kappa shape index (κ3) is 7.18. The molecule has 1 rings (SSSR count). The molecule has 0 bridgehead atoms. The van der Waals surface area contributed by atoms with Gasteiger partial charge in [-0.1, -0.05) is 12.1 Å². The summed E-state index contributed by atoms with van der Waals surface area (Å²) in [6.45, 7) is 7.83. The molecule has 5 heteroatoms. The third-order valence-corrected chi connectivity index (χ3v) is 4.09. The first-order chi connectivity index (χ1) is 10.6. The molecule has 0 spiro atoms. The molecule has 0 radical (unpaired) electrons. The Balaban J connectivity index is 2.61. The zero-order chi connectivity index (χ0) is 16.4. The lowest BCUT2D eigenvalue weighted by atomic mass is 10.1. The monoisotopic (exact) mass is 322 g/mol. The molecular formula is C17H30N4S. The van der Waals surface area contributed by atoms with Crippen LogP contribution >= 0.6 is 11.8 Å². The standard InChI is InChI=1S/C17H30N4S/c1-6-18-17(19-10-7-11-21(3)4)20-13-15-9-8-14(2)12-16(15)22-5/h8-9,12H,6-7,10-11,13H2,1-5H3,(H2,18,19,20). The van der Waals surface area contributed by atoms with Gasteiger partial charge < -0.3 is 15.5 Å². The van der Waals surface area contributed by atoms with Crippen LogP contribution < -0.4 is 10.6 Å². The minimum atomic E-state index is 0.708. The van der Waals surface area contributed by atoms with Gasteiger partial charge in [0.1, 0.15) is 0 Å². The molecule has 0 aromatic heterocycles. The summed E-state index contributed by atoms with van der Waals surface area (Å²) < 4.78 is 0. The van der Waals surface area contributed by atoms with E-state index in [0.29, 0.717) is 6.54 Å². The van der Waals surface area contributed by atoms with Crippen LogP contribution in [0.25, 0.3) is 0 Å². The highest BCUT2D eigenvalue weighted by Crippen LogP contribution is 2.22. The summed E-state index contributed by atoms with van der Waals surface area (Å²) in [7, 11) is 4.20. The molecule has 2 N–H and O–H groups in total. The molecular weight excluding hydrogens is 292 g/mol. The topological polar surface area (TPSA) is 39.7 Å². The molecule has 0 aliphatic heterocycles. The summed E-state index contributed by atoms with van der Waals surface area (Å²) in [6.07, 6.45) is 3.23. The van der Waals surface area contributed by atoms with E-state index in [1.165, 1.54) is 16.0 Å². The van der Waals surface area contributed by atoms with Crippen molar-refractivity contribution >= 4 is 17.7 Å². The molecule has 0 aliphatic rings. The second kappa shape index (κ2) is 10.5. The fourth-order valence-corrected chi connectivity index (χ4v) is 2.79. The maximum absolute atomic E-state index is 4.71. The summed E-state index contributed by atoms with van der Waals surface area (Å²) in [5.41, 5.74) is 2.58. The van der Waals surface area contributed by atoms with Crippen molar-refractivity contribution in [3.05, 3.63) is 29.3 Å². The number of thioether (sulfide) groups is 1. The first-order valence-electron chi connectivity index (χ1n) is 7.87. The lowest BCUT2D eigenvalue weighted by Crippen LogP contribution is -2.38. The molecule has 0 saturated carbocycles. The van der Waals surface area contributed by atoms with E-state index in [0.717, 1.165) is 32.0 Å². The second-order valence-corrected chi connectivity index (χ2v) is 6.44. The first-order valence-corrected chi connectivity index (χ1v) is 9.09. The minimum absolute atomic E-state index is 0.708. The maximum Gasteiger partial charge on any atom is 0.191 e. The molecule has 22 heavy (non-hydrogen) atoms. The molecule has 0 fully saturated rings. The van der Waals surface area contributed by atoms with Crippen LogP contribution in [0.1, 0.15) is 24.5 Å². The second-order valence-electron chi connectivity index (χ2n) is 5.59. The average molecular weight is 323 g/mol. The van der Waals surface area contributed by atoms with E-state index in [9.17, 15) is 0 Å². The van der Waals surface area contributed by atoms with E-state index in [4.69, 9.17) is 4.99 Å². The fraction of sp³-hybridized carbons (Fsp3) is 0.588. The summed E-state index contributed by atoms with van der Waals surface area (Å²) in [5.74, 6) is 0.897. The smallest absolute Gasteiger partial charge is 0.191 e. The fourth-order valence-electron chi connectivity index (χ4n) is 2.09. The van der Waals surface area contributed by atoms with Crippen molar-refractivity contribution < 1.29 is 0 Å². The molecule has 0 heterocycles. The Morgan fingerprint density at radius 3 is 2.68 bits per heavy atom. The molecule has 0 aliphatic carbocycles. The van der Waals surface area contributed by atoms with Gasteiger partial charge in [0, 0.05) is 18.0 Å². The Hall–Kier alpha value is -1.20. The van der Waals surface area contributed by atoms with Crippen molar-refractivity contribution in [2.45, 2.75) is 31.7 Å². The number of aliphatic imine (C=N–C) groups is 1. The number of hydrogen-bond donors (Lipinski definition) is 2. The highest BCUT2D eigenvalue weighted by molar-refractivity contribution is 7.98. The number of rotatable bonds is 8. The molecule has 0 amide bonds. The number of aryl methyl sites for hydroxylation is 1. The van der Waals surface area contributed by atoms with Crippen molar-refractivity contribution in [2.75, 3.05) is 40.0 Å². The number of benzene rings is 1. The zero-order valence-electron chi connectivity index (χ0n) is 14.6. The van der Waals surface area contributed by atoms with Crippen LogP contribution in [0.5, 0.6) is 0 Å². The van der Waals surface area contributed by atoms with E-state index >= 15 is 0 Å². The lowest BCUT2D eigenvalue weighted by molar-refractivity contribution is 0.399. The van der Waals surface area contributed by atoms with Gasteiger partial charge in [0.25, 0.3) is 0 Å². The van der Waals surface area contributed by atoms with Gasteiger partial charge in [-0.25, -0.2) is 4.99 Å². The van der Waals surface area contributed by atoms with Crippen LogP contribution in [0.4, 0.5) is 0 Å². The van der Waals surface area contributed by atoms with E-state index in [2.05, 4.69) is 67.9 Å². The first kappa shape index (κ1) is 18.8. The van der Waals surface area contributed by atoms with E-state index < -0.39 is 0 Å². The van der Waals surface area contributed by atoms with Gasteiger partial charge in [-0.05, 0) is 64.4 Å². The highest BCUT2D eigenvalue weighted by Gasteiger charge is 2.03. The lowest BCUT2D eigenvalue weighted by Gasteiger charge is -2.14. The SMILES string of the molecule is CCNC(=NCc1ccc(C)cc1SC)NCCCN(C)C. The summed E-state index contributed by atoms with van der Waals surface area (Å²) in [6, 6.07) is 6.56. The Kier molecular flexibility index (Phi) is 9.01. The van der Waals surface area contributed by atoms with Crippen LogP contribution in [0.2, 0.25) is 0 Å². The molecule has 1 aromatic carbocycles. The number of nitrogens with zero attached hydrogens (tertiary/aromatic N) is 2. The number of guanidine groups is 1. The predicted octanol–water partition coefficient (Wildman–Crippen LogP) is 2.72. The zero-order valence-corrected chi connectivity index (χ0v) is 15.4. The van der Waals surface area contributed by atoms with Crippen LogP contribution in [0.3, 0.4) is 0 Å². The molecule has 4 nitrogen and oxygen atoms in total. The van der Waals surface area contributed by atoms with E-state index in [1.54, 1.807) is 11.8 Å². The molecule has 0 saturated heterocycles. The normalized spacial score (nSPS) is 11.8. The van der Waals surface area contributed by atoms with Gasteiger partial charge in [0.15, 0.2) is 5.96 Å². The Morgan fingerprint density at radius 1 is 1.27 bits per heavy atom. The average Bonchev–Trinajstić information content (AvgIpc) is 2.49. The van der Waals surface area contributed by atoms with Gasteiger partial charge in [-0.2, -0.15) is 0 Å². The quantitative estimate of drug-likeness (QED) is 0.334. The third-order valence-electron chi connectivity index (χ3n) is 3.27. The predicted molar refractivity (Wildman–Crippen MR) is 98.9 cm³/mol. The van der Waals surface area contributed by atoms with Gasteiger partial charge >= 0.3 is 0 Å². The van der Waals surface area contributed by atoms with Gasteiger partial charge in [-0.15, -0.1) is 11.8 Å². The Labute approximate surface area is 139 Å². The van der Waals surface area contributed by atoms with Crippen LogP contribution in [-0.2, 0) is 6.54 Å². The molecule has 0 unspecified atom stereocenters. The van der Waals surface area contributed by atoms with Crippen LogP contribution in [-0.4, -0.2) is 50.8 Å². The highest BCUT2D eigenvalue weighted by atomic mass is 32.2. The van der Waals surface area contributed by atoms with Crippen molar-refractivity contribution in [3.63, 3.8) is 0 Å². The minimum Gasteiger partial charge on any atom is -0.357 e. The Morgan fingerprint density at radius 2 is 2.05 bits per heavy atom. The number of nitrogens with one attached hydrogen (secondary N) is 2. The largest absolute Gasteiger partial charge is 0.357 e.